The van der Waals surface area contributed by atoms with Gasteiger partial charge < -0.3 is 22.5 Å². The van der Waals surface area contributed by atoms with Gasteiger partial charge in [-0.3, -0.25) is 0 Å². The molecular formula is C65H38N5O2+. The van der Waals surface area contributed by atoms with Gasteiger partial charge in [0.05, 0.1) is 38.8 Å². The summed E-state index contributed by atoms with van der Waals surface area (Å²) in [6.07, 6.45) is 2.23. The van der Waals surface area contributed by atoms with Gasteiger partial charge in [-0.15, -0.1) is 4.68 Å². The average Bonchev–Trinajstić information content (AvgIpc) is 4.28. The number of fused-ring (bicyclic) bond motifs is 18. The maximum Gasteiger partial charge on any atom is 0.411 e. The molecule has 72 heavy (non-hydrogen) atoms. The average molecular weight is 921 g/mol. The van der Waals surface area contributed by atoms with Crippen LogP contribution in [0.3, 0.4) is 0 Å². The lowest BCUT2D eigenvalue weighted by Gasteiger charge is -2.14. The van der Waals surface area contributed by atoms with E-state index in [9.17, 15) is 0 Å². The third-order valence-electron chi connectivity index (χ3n) is 15.4. The van der Waals surface area contributed by atoms with Crippen molar-refractivity contribution < 1.29 is 13.5 Å². The van der Waals surface area contributed by atoms with Gasteiger partial charge in [-0.05, 0) is 83.5 Å². The highest BCUT2D eigenvalue weighted by molar-refractivity contribution is 6.18. The Morgan fingerprint density at radius 2 is 0.625 bits per heavy atom. The Morgan fingerprint density at radius 3 is 1.08 bits per heavy atom. The zero-order chi connectivity index (χ0) is 46.8. The number of hydrogen-bond donors (Lipinski definition) is 0. The molecule has 0 saturated carbocycles. The molecule has 17 aromatic rings. The Hall–Kier alpha value is -9.85. The molecule has 7 heteroatoms. The number of furan rings is 2. The number of aromatic nitrogens is 5. The SMILES string of the molecule is c1ccc2c(c1)c1ccccc1n2-c1cc(-n2c3ccccc3c3ccccc32)c2oc3cc4c(cc3c2c1)oc1c4cc(-n2c3ccccc3c3ccccc32)c[n+]1-n1c2ccccc2c2ccccc21. The van der Waals surface area contributed by atoms with E-state index in [4.69, 9.17) is 8.83 Å². The molecule has 0 aliphatic heterocycles. The molecule has 0 unspecified atom stereocenters. The molecule has 0 aliphatic carbocycles. The van der Waals surface area contributed by atoms with Gasteiger partial charge in [0.15, 0.2) is 5.58 Å². The predicted molar refractivity (Wildman–Crippen MR) is 294 cm³/mol. The second-order valence-electron chi connectivity index (χ2n) is 19.1. The molecule has 0 atom stereocenters. The first-order valence-electron chi connectivity index (χ1n) is 24.5. The van der Waals surface area contributed by atoms with E-state index in [1.807, 2.05) is 0 Å². The zero-order valence-electron chi connectivity index (χ0n) is 38.5. The minimum atomic E-state index is 0.731. The van der Waals surface area contributed by atoms with Gasteiger partial charge in [0.1, 0.15) is 33.3 Å². The molecule has 7 aromatic heterocycles. The minimum absolute atomic E-state index is 0.731. The highest BCUT2D eigenvalue weighted by Crippen LogP contribution is 2.44. The van der Waals surface area contributed by atoms with E-state index < -0.39 is 0 Å². The molecule has 7 nitrogen and oxygen atoms in total. The Kier molecular flexibility index (Phi) is 7.35. The molecule has 0 N–H and O–H groups in total. The standard InChI is InChI=1S/C65H38N5O2/c1-9-25-53-41(17-1)42-18-2-10-26-54(42)67(53)39-33-51-49-36-63-50(37-62(49)71-64(51)61(35-39)69-57-29-13-5-21-45(57)46-22-6-14-30-58(46)69)52-34-40(68-55-27-11-3-19-43(55)44-20-4-12-28-56(44)68)38-66(65(52)72-63)70-59-31-15-7-23-47(59)48-24-8-16-32-60(48)70/h1-38H/q+1. The summed E-state index contributed by atoms with van der Waals surface area (Å²) in [5.41, 5.74) is 15.1. The Balaban J connectivity index is 1.01. The van der Waals surface area contributed by atoms with Crippen molar-refractivity contribution in [3.63, 3.8) is 0 Å². The van der Waals surface area contributed by atoms with Crippen LogP contribution in [0.5, 0.6) is 0 Å². The summed E-state index contributed by atoms with van der Waals surface area (Å²) >= 11 is 0. The lowest BCUT2D eigenvalue weighted by Crippen LogP contribution is -2.42. The smallest absolute Gasteiger partial charge is 0.411 e. The number of rotatable bonds is 4. The second-order valence-corrected chi connectivity index (χ2v) is 19.1. The third kappa shape index (κ3) is 4.95. The van der Waals surface area contributed by atoms with E-state index in [2.05, 4.69) is 254 Å². The quantitative estimate of drug-likeness (QED) is 0.165. The maximum atomic E-state index is 7.33. The van der Waals surface area contributed by atoms with Gasteiger partial charge in [0.2, 0.25) is 6.20 Å². The summed E-state index contributed by atoms with van der Waals surface area (Å²) in [6.45, 7) is 0. The number of pyridine rings is 1. The highest BCUT2D eigenvalue weighted by Gasteiger charge is 2.29. The van der Waals surface area contributed by atoms with Gasteiger partial charge in [-0.2, -0.15) is 0 Å². The lowest BCUT2D eigenvalue weighted by atomic mass is 10.1. The largest absolute Gasteiger partial charge is 0.454 e. The Morgan fingerprint density at radius 1 is 0.278 bits per heavy atom. The van der Waals surface area contributed by atoms with Crippen molar-refractivity contribution in [2.45, 2.75) is 0 Å². The molecule has 0 radical (unpaired) electrons. The third-order valence-corrected chi connectivity index (χ3v) is 15.4. The van der Waals surface area contributed by atoms with Crippen LogP contribution < -0.4 is 4.68 Å². The van der Waals surface area contributed by atoms with E-state index >= 15 is 0 Å². The molecule has 0 spiro atoms. The zero-order valence-corrected chi connectivity index (χ0v) is 38.5. The van der Waals surface area contributed by atoms with Crippen molar-refractivity contribution in [1.82, 2.24) is 18.4 Å². The van der Waals surface area contributed by atoms with Crippen molar-refractivity contribution in [2.24, 2.45) is 0 Å². The van der Waals surface area contributed by atoms with Gasteiger partial charge in [-0.1, -0.05) is 146 Å². The van der Waals surface area contributed by atoms with E-state index in [1.54, 1.807) is 0 Å². The van der Waals surface area contributed by atoms with Crippen LogP contribution in [0.2, 0.25) is 0 Å². The number of benzene rings is 10. The summed E-state index contributed by atoms with van der Waals surface area (Å²) in [4.78, 5) is 0. The molecule has 0 fully saturated rings. The molecule has 0 saturated heterocycles. The normalized spacial score (nSPS) is 12.4. The second kappa shape index (κ2) is 13.9. The molecule has 7 heterocycles. The minimum Gasteiger partial charge on any atom is -0.454 e. The molecule has 10 aromatic carbocycles. The van der Waals surface area contributed by atoms with Crippen LogP contribution in [-0.2, 0) is 0 Å². The summed E-state index contributed by atoms with van der Waals surface area (Å²) in [7, 11) is 0. The molecule has 334 valence electrons. The fourth-order valence-electron chi connectivity index (χ4n) is 12.4. The molecular weight excluding hydrogens is 883 g/mol. The summed E-state index contributed by atoms with van der Waals surface area (Å²) < 4.78 is 26.3. The van der Waals surface area contributed by atoms with E-state index in [1.165, 1.54) is 43.1 Å². The first kappa shape index (κ1) is 38.1. The van der Waals surface area contributed by atoms with Crippen LogP contribution in [-0.4, -0.2) is 18.4 Å². The van der Waals surface area contributed by atoms with Crippen LogP contribution in [0, 0.1) is 0 Å². The first-order valence-corrected chi connectivity index (χ1v) is 24.5. The molecule has 0 bridgehead atoms. The van der Waals surface area contributed by atoms with Crippen LogP contribution >= 0.6 is 0 Å². The fraction of sp³-hybridized carbons (Fsp3) is 0. The van der Waals surface area contributed by atoms with Gasteiger partial charge in [0, 0.05) is 64.9 Å². The summed E-state index contributed by atoms with van der Waals surface area (Å²) in [6, 6.07) is 80.8. The molecule has 0 aliphatic rings. The highest BCUT2D eigenvalue weighted by atomic mass is 16.3. The number of para-hydroxylation sites is 8. The molecule has 0 amide bonds. The number of nitrogens with zero attached hydrogens (tertiary/aromatic N) is 5. The van der Waals surface area contributed by atoms with Gasteiger partial charge in [-0.25, -0.2) is 0 Å². The van der Waals surface area contributed by atoms with E-state index in [0.717, 1.165) is 105 Å². The monoisotopic (exact) mass is 920 g/mol. The predicted octanol–water partition coefficient (Wildman–Crippen LogP) is 16.5. The van der Waals surface area contributed by atoms with Crippen LogP contribution in [0.4, 0.5) is 0 Å². The van der Waals surface area contributed by atoms with Crippen molar-refractivity contribution in [1.29, 1.82) is 0 Å². The lowest BCUT2D eigenvalue weighted by molar-refractivity contribution is -0.701. The van der Waals surface area contributed by atoms with E-state index in [-0.39, 0.29) is 0 Å². The van der Waals surface area contributed by atoms with Crippen LogP contribution in [0.15, 0.2) is 239 Å². The van der Waals surface area contributed by atoms with Crippen LogP contribution in [0.25, 0.3) is 148 Å². The summed E-state index contributed by atoms with van der Waals surface area (Å²) in [5, 5.41) is 13.5. The van der Waals surface area contributed by atoms with E-state index in [0.29, 0.717) is 0 Å². The fourth-order valence-corrected chi connectivity index (χ4v) is 12.4. The van der Waals surface area contributed by atoms with Crippen LogP contribution in [0.1, 0.15) is 0 Å². The van der Waals surface area contributed by atoms with Crippen molar-refractivity contribution >= 4 is 131 Å². The first-order chi connectivity index (χ1) is 35.7. The van der Waals surface area contributed by atoms with Gasteiger partial charge in [0.25, 0.3) is 0 Å². The van der Waals surface area contributed by atoms with Crippen molar-refractivity contribution in [3.8, 4) is 17.1 Å². The van der Waals surface area contributed by atoms with Crippen molar-refractivity contribution in [3.05, 3.63) is 231 Å². The van der Waals surface area contributed by atoms with Crippen molar-refractivity contribution in [2.75, 3.05) is 0 Å². The summed E-state index contributed by atoms with van der Waals surface area (Å²) in [5.74, 6) is 0. The van der Waals surface area contributed by atoms with Gasteiger partial charge >= 0.3 is 5.71 Å². The maximum absolute atomic E-state index is 7.33. The topological polar surface area (TPSA) is 49.9 Å². The Labute approximate surface area is 409 Å². The Bertz CT molecular complexity index is 4650. The number of hydrogen-bond acceptors (Lipinski definition) is 2. The molecule has 17 rings (SSSR count).